The number of methoxy groups -OCH3 is 1. The molecule has 2 aromatic carbocycles. The summed E-state index contributed by atoms with van der Waals surface area (Å²) in [5, 5.41) is 0. The number of halogens is 1. The zero-order chi connectivity index (χ0) is 16.2. The Balaban J connectivity index is 1.80. The summed E-state index contributed by atoms with van der Waals surface area (Å²) in [6.45, 7) is 2.22. The van der Waals surface area contributed by atoms with E-state index in [2.05, 4.69) is 37.3 Å². The van der Waals surface area contributed by atoms with Crippen LogP contribution < -0.4 is 4.74 Å². The number of hydrogen-bond acceptors (Lipinski definition) is 1. The highest BCUT2D eigenvalue weighted by Crippen LogP contribution is 2.32. The first kappa shape index (κ1) is 15.8. The van der Waals surface area contributed by atoms with E-state index in [1.807, 2.05) is 6.07 Å². The lowest BCUT2D eigenvalue weighted by Crippen LogP contribution is -2.06. The minimum Gasteiger partial charge on any atom is -0.494 e. The third-order valence-corrected chi connectivity index (χ3v) is 4.60. The summed E-state index contributed by atoms with van der Waals surface area (Å²) in [5.74, 6) is 0.121. The maximum atomic E-state index is 14.3. The van der Waals surface area contributed by atoms with E-state index in [1.165, 1.54) is 36.7 Å². The van der Waals surface area contributed by atoms with E-state index in [9.17, 15) is 4.39 Å². The molecule has 1 nitrogen and oxygen atoms in total. The normalized spacial score (nSPS) is 13.4. The van der Waals surface area contributed by atoms with Crippen molar-refractivity contribution in [3.8, 4) is 5.75 Å². The van der Waals surface area contributed by atoms with Gasteiger partial charge in [0.2, 0.25) is 0 Å². The van der Waals surface area contributed by atoms with Gasteiger partial charge in [-0.25, -0.2) is 4.39 Å². The fourth-order valence-corrected chi connectivity index (χ4v) is 3.17. The fraction of sp³-hybridized carbons (Fsp3) is 0.333. The molecule has 0 bridgehead atoms. The van der Waals surface area contributed by atoms with E-state index in [0.29, 0.717) is 12.2 Å². The molecule has 0 fully saturated rings. The summed E-state index contributed by atoms with van der Waals surface area (Å²) in [6.07, 6.45) is 7.15. The number of rotatable bonds is 5. The van der Waals surface area contributed by atoms with Crippen molar-refractivity contribution in [2.75, 3.05) is 7.11 Å². The molecule has 2 aromatic rings. The first-order valence-corrected chi connectivity index (χ1v) is 8.35. The molecular weight excluding hydrogens is 287 g/mol. The predicted molar refractivity (Wildman–Crippen MR) is 93.4 cm³/mol. The summed E-state index contributed by atoms with van der Waals surface area (Å²) < 4.78 is 19.4. The van der Waals surface area contributed by atoms with Crippen molar-refractivity contribution < 1.29 is 9.13 Å². The average Bonchev–Trinajstić information content (AvgIpc) is 2.60. The predicted octanol–water partition coefficient (Wildman–Crippen LogP) is 5.36. The van der Waals surface area contributed by atoms with Crippen LogP contribution in [0.2, 0.25) is 0 Å². The molecular formula is C21H23FO. The number of aryl methyl sites for hydroxylation is 1. The number of ether oxygens (including phenoxy) is 1. The van der Waals surface area contributed by atoms with E-state index < -0.39 is 0 Å². The highest BCUT2D eigenvalue weighted by atomic mass is 19.1. The lowest BCUT2D eigenvalue weighted by molar-refractivity contribution is 0.384. The quantitative estimate of drug-likeness (QED) is 0.722. The number of allylic oxidation sites excluding steroid dienone is 2. The van der Waals surface area contributed by atoms with Crippen LogP contribution >= 0.6 is 0 Å². The SMILES string of the molecule is CCCCc1ccc(C2=CCc3c(ccc(OC)c3F)C2)cc1. The van der Waals surface area contributed by atoms with Crippen LogP contribution in [0.3, 0.4) is 0 Å². The Hall–Kier alpha value is -2.09. The van der Waals surface area contributed by atoms with Crippen molar-refractivity contribution in [3.63, 3.8) is 0 Å². The zero-order valence-corrected chi connectivity index (χ0v) is 13.9. The van der Waals surface area contributed by atoms with Gasteiger partial charge in [0, 0.05) is 0 Å². The van der Waals surface area contributed by atoms with Crippen molar-refractivity contribution in [1.29, 1.82) is 0 Å². The van der Waals surface area contributed by atoms with Gasteiger partial charge in [-0.05, 0) is 59.6 Å². The van der Waals surface area contributed by atoms with Crippen molar-refractivity contribution in [2.24, 2.45) is 0 Å². The van der Waals surface area contributed by atoms with Gasteiger partial charge in [0.1, 0.15) is 0 Å². The molecule has 0 saturated heterocycles. The maximum absolute atomic E-state index is 14.3. The summed E-state index contributed by atoms with van der Waals surface area (Å²) in [7, 11) is 1.51. The molecule has 0 spiro atoms. The average molecular weight is 310 g/mol. The Kier molecular flexibility index (Phi) is 4.80. The lowest BCUT2D eigenvalue weighted by atomic mass is 9.87. The monoisotopic (exact) mass is 310 g/mol. The Labute approximate surface area is 137 Å². The van der Waals surface area contributed by atoms with Gasteiger partial charge < -0.3 is 4.74 Å². The Morgan fingerprint density at radius 2 is 1.87 bits per heavy atom. The van der Waals surface area contributed by atoms with Gasteiger partial charge in [-0.2, -0.15) is 0 Å². The Morgan fingerprint density at radius 3 is 2.57 bits per heavy atom. The maximum Gasteiger partial charge on any atom is 0.168 e. The molecule has 0 atom stereocenters. The molecule has 0 saturated carbocycles. The van der Waals surface area contributed by atoms with E-state index in [0.717, 1.165) is 24.0 Å². The molecule has 0 heterocycles. The third kappa shape index (κ3) is 3.31. The summed E-state index contributed by atoms with van der Waals surface area (Å²) >= 11 is 0. The summed E-state index contributed by atoms with van der Waals surface area (Å²) in [6, 6.07) is 12.5. The molecule has 0 amide bonds. The van der Waals surface area contributed by atoms with Gasteiger partial charge in [0.05, 0.1) is 7.11 Å². The highest BCUT2D eigenvalue weighted by Gasteiger charge is 2.18. The van der Waals surface area contributed by atoms with E-state index in [-0.39, 0.29) is 5.82 Å². The molecule has 1 aliphatic rings. The minimum atomic E-state index is -0.213. The molecule has 0 N–H and O–H groups in total. The number of benzene rings is 2. The molecule has 0 radical (unpaired) electrons. The topological polar surface area (TPSA) is 9.23 Å². The van der Waals surface area contributed by atoms with Crippen molar-refractivity contribution in [1.82, 2.24) is 0 Å². The van der Waals surface area contributed by atoms with Crippen LogP contribution in [0.25, 0.3) is 5.57 Å². The van der Waals surface area contributed by atoms with Gasteiger partial charge in [-0.15, -0.1) is 0 Å². The summed E-state index contributed by atoms with van der Waals surface area (Å²) in [4.78, 5) is 0. The van der Waals surface area contributed by atoms with Crippen LogP contribution in [0.4, 0.5) is 4.39 Å². The zero-order valence-electron chi connectivity index (χ0n) is 13.9. The van der Waals surface area contributed by atoms with Crippen molar-refractivity contribution >= 4 is 5.57 Å². The number of unbranched alkanes of at least 4 members (excludes halogenated alkanes) is 1. The van der Waals surface area contributed by atoms with Crippen LogP contribution in [0.5, 0.6) is 5.75 Å². The second kappa shape index (κ2) is 6.99. The second-order valence-electron chi connectivity index (χ2n) is 6.13. The highest BCUT2D eigenvalue weighted by molar-refractivity contribution is 5.71. The largest absolute Gasteiger partial charge is 0.494 e. The fourth-order valence-electron chi connectivity index (χ4n) is 3.17. The van der Waals surface area contributed by atoms with Crippen LogP contribution in [0.15, 0.2) is 42.5 Å². The van der Waals surface area contributed by atoms with Gasteiger partial charge in [-0.1, -0.05) is 49.8 Å². The Morgan fingerprint density at radius 1 is 1.09 bits per heavy atom. The molecule has 0 unspecified atom stereocenters. The molecule has 0 aromatic heterocycles. The first-order valence-electron chi connectivity index (χ1n) is 8.35. The van der Waals surface area contributed by atoms with Gasteiger partial charge in [0.25, 0.3) is 0 Å². The molecule has 120 valence electrons. The van der Waals surface area contributed by atoms with E-state index >= 15 is 0 Å². The molecule has 0 aliphatic heterocycles. The van der Waals surface area contributed by atoms with Crippen LogP contribution in [-0.2, 0) is 19.3 Å². The van der Waals surface area contributed by atoms with Crippen molar-refractivity contribution in [2.45, 2.75) is 39.0 Å². The molecule has 23 heavy (non-hydrogen) atoms. The summed E-state index contributed by atoms with van der Waals surface area (Å²) in [5.41, 5.74) is 5.75. The molecule has 2 heteroatoms. The third-order valence-electron chi connectivity index (χ3n) is 4.60. The standard InChI is InChI=1S/C21H23FO/c1-3-4-5-15-6-8-16(9-7-15)17-10-12-19-18(14-17)11-13-20(23-2)21(19)22/h6-11,13H,3-5,12,14H2,1-2H3. The molecule has 1 aliphatic carbocycles. The molecule has 3 rings (SSSR count). The lowest BCUT2D eigenvalue weighted by Gasteiger charge is -2.19. The number of hydrogen-bond donors (Lipinski definition) is 0. The Bertz CT molecular complexity index is 713. The van der Waals surface area contributed by atoms with Crippen LogP contribution in [0.1, 0.15) is 42.0 Å². The minimum absolute atomic E-state index is 0.213. The van der Waals surface area contributed by atoms with Crippen LogP contribution in [0, 0.1) is 5.82 Å². The first-order chi connectivity index (χ1) is 11.2. The van der Waals surface area contributed by atoms with Crippen molar-refractivity contribution in [3.05, 3.63) is 70.5 Å². The van der Waals surface area contributed by atoms with Crippen LogP contribution in [-0.4, -0.2) is 7.11 Å². The van der Waals surface area contributed by atoms with E-state index in [4.69, 9.17) is 4.74 Å². The van der Waals surface area contributed by atoms with E-state index in [1.54, 1.807) is 6.07 Å². The van der Waals surface area contributed by atoms with Gasteiger partial charge >= 0.3 is 0 Å². The second-order valence-corrected chi connectivity index (χ2v) is 6.13. The van der Waals surface area contributed by atoms with Gasteiger partial charge in [0.15, 0.2) is 11.6 Å². The smallest absolute Gasteiger partial charge is 0.168 e. The van der Waals surface area contributed by atoms with Gasteiger partial charge in [-0.3, -0.25) is 0 Å². The number of fused-ring (bicyclic) bond motifs is 1.